The number of nitrogens with two attached hydrogens (primary N) is 2. The van der Waals surface area contributed by atoms with Crippen LogP contribution in [0.2, 0.25) is 0 Å². The molecule has 0 aliphatic carbocycles. The second-order valence-electron chi connectivity index (χ2n) is 17.7. The van der Waals surface area contributed by atoms with Crippen molar-refractivity contribution in [2.75, 3.05) is 26.2 Å². The SMILES string of the molecule is CC(C)C[C@H](NC(=O)[C@@H](N)CCCCN)C(=O)NCC(=O)N[C@@H](Cc1cnc[nH]1)C(=O)N[C@@H](Cc1ccccc1)C(=O)N[C@@H](C)C(=O)N1CCC[C@H]1C(=O)N[C@@H](CO)C(=O)N[C@H](C(=O)O)C(C)C. The summed E-state index contributed by atoms with van der Waals surface area (Å²) < 4.78 is 0. The van der Waals surface area contributed by atoms with Crippen molar-refractivity contribution in [3.8, 4) is 0 Å². The quantitative estimate of drug-likeness (QED) is 0.0392. The molecular weight excluding hydrogens is 885 g/mol. The fourth-order valence-corrected chi connectivity index (χ4v) is 7.47. The molecule has 3 rings (SSSR count). The van der Waals surface area contributed by atoms with Gasteiger partial charge in [0.25, 0.3) is 0 Å². The monoisotopic (exact) mass is 955 g/mol. The number of amides is 8. The van der Waals surface area contributed by atoms with Crippen LogP contribution in [0.4, 0.5) is 0 Å². The fourth-order valence-electron chi connectivity index (χ4n) is 7.47. The molecule has 23 heteroatoms. The lowest BCUT2D eigenvalue weighted by Gasteiger charge is -2.29. The molecule has 0 bridgehead atoms. The molecule has 376 valence electrons. The number of carbonyl (C=O) groups is 9. The zero-order chi connectivity index (χ0) is 50.5. The number of aliphatic hydroxyl groups excluding tert-OH is 1. The Hall–Kier alpha value is -6.46. The van der Waals surface area contributed by atoms with Crippen molar-refractivity contribution in [3.05, 3.63) is 54.1 Å². The van der Waals surface area contributed by atoms with E-state index in [4.69, 9.17) is 11.5 Å². The molecule has 14 N–H and O–H groups in total. The van der Waals surface area contributed by atoms with Crippen LogP contribution in [0.1, 0.15) is 84.4 Å². The Morgan fingerprint density at radius 2 is 1.44 bits per heavy atom. The number of aromatic amines is 1. The Morgan fingerprint density at radius 3 is 2.04 bits per heavy atom. The number of benzene rings is 1. The number of aliphatic hydroxyl groups is 1. The van der Waals surface area contributed by atoms with Gasteiger partial charge in [-0.25, -0.2) is 9.78 Å². The molecule has 1 saturated heterocycles. The number of unbranched alkanes of at least 4 members (excludes halogenated alkanes) is 1. The van der Waals surface area contributed by atoms with Crippen molar-refractivity contribution in [2.24, 2.45) is 23.3 Å². The molecule has 2 aromatic rings. The number of hydrogen-bond acceptors (Lipinski definition) is 13. The molecule has 1 aliphatic heterocycles. The van der Waals surface area contributed by atoms with Crippen LogP contribution in [0.25, 0.3) is 0 Å². The van der Waals surface area contributed by atoms with Gasteiger partial charge in [-0.1, -0.05) is 64.4 Å². The maximum Gasteiger partial charge on any atom is 0.326 e. The number of carbonyl (C=O) groups excluding carboxylic acids is 8. The summed E-state index contributed by atoms with van der Waals surface area (Å²) in [6, 6.07) is -0.872. The first-order chi connectivity index (χ1) is 32.2. The van der Waals surface area contributed by atoms with Crippen molar-refractivity contribution < 1.29 is 53.4 Å². The normalized spacial score (nSPS) is 16.6. The number of carboxylic acids is 1. The second kappa shape index (κ2) is 28.0. The lowest BCUT2D eigenvalue weighted by Crippen LogP contribution is -2.60. The highest BCUT2D eigenvalue weighted by Crippen LogP contribution is 2.19. The van der Waals surface area contributed by atoms with Gasteiger partial charge < -0.3 is 68.8 Å². The van der Waals surface area contributed by atoms with Gasteiger partial charge in [0.1, 0.15) is 42.3 Å². The molecule has 1 aromatic heterocycles. The number of nitrogens with zero attached hydrogens (tertiary/aromatic N) is 2. The number of carboxylic acid groups (broad SMARTS) is 1. The van der Waals surface area contributed by atoms with Crippen molar-refractivity contribution >= 4 is 53.2 Å². The van der Waals surface area contributed by atoms with E-state index < -0.39 is 121 Å². The highest BCUT2D eigenvalue weighted by molar-refractivity contribution is 5.98. The Balaban J connectivity index is 1.74. The summed E-state index contributed by atoms with van der Waals surface area (Å²) in [5.74, 6) is -7.62. The van der Waals surface area contributed by atoms with Gasteiger partial charge in [-0.15, -0.1) is 0 Å². The maximum absolute atomic E-state index is 14.1. The van der Waals surface area contributed by atoms with Crippen LogP contribution < -0.4 is 48.7 Å². The first-order valence-electron chi connectivity index (χ1n) is 23.0. The summed E-state index contributed by atoms with van der Waals surface area (Å²) in [7, 11) is 0. The van der Waals surface area contributed by atoms with Crippen molar-refractivity contribution in [1.29, 1.82) is 0 Å². The molecule has 0 radical (unpaired) electrons. The number of nitrogens with one attached hydrogen (secondary N) is 8. The molecule has 23 nitrogen and oxygen atoms in total. The lowest BCUT2D eigenvalue weighted by molar-refractivity contribution is -0.144. The molecule has 1 aromatic carbocycles. The molecule has 0 spiro atoms. The highest BCUT2D eigenvalue weighted by Gasteiger charge is 2.39. The Kier molecular flexibility index (Phi) is 23.0. The summed E-state index contributed by atoms with van der Waals surface area (Å²) >= 11 is 0. The van der Waals surface area contributed by atoms with E-state index >= 15 is 0 Å². The van der Waals surface area contributed by atoms with Gasteiger partial charge in [-0.3, -0.25) is 38.4 Å². The first kappa shape index (κ1) is 55.9. The highest BCUT2D eigenvalue weighted by atomic mass is 16.4. The summed E-state index contributed by atoms with van der Waals surface area (Å²) in [5.41, 5.74) is 12.7. The van der Waals surface area contributed by atoms with Gasteiger partial charge in [-0.2, -0.15) is 0 Å². The van der Waals surface area contributed by atoms with Crippen LogP contribution in [0.15, 0.2) is 42.9 Å². The molecule has 1 fully saturated rings. The van der Waals surface area contributed by atoms with Gasteiger partial charge in [0.05, 0.1) is 25.5 Å². The van der Waals surface area contributed by atoms with Crippen LogP contribution in [0, 0.1) is 11.8 Å². The number of likely N-dealkylation sites (tertiary alicyclic amines) is 1. The summed E-state index contributed by atoms with van der Waals surface area (Å²) in [5, 5.41) is 37.3. The standard InChI is InChI=1S/C45H70N12O11/c1-25(2)18-31(53-38(60)30(47)14-9-10-16-46)39(61)49-22-36(59)52-33(20-29-21-48-24-50-29)41(63)54-32(19-28-12-7-6-8-13-28)40(62)51-27(5)44(66)57-17-11-15-35(57)43(65)55-34(23-58)42(64)56-37(26(3)4)45(67)68/h6-8,12-13,21,24-27,30-35,37,58H,9-11,14-20,22-23,46-47H2,1-5H3,(H,48,50)(H,49,61)(H,51,62)(H,52,59)(H,53,60)(H,54,63)(H,55,65)(H,56,64)(H,67,68)/t27-,30-,31-,32-,33-,34-,35-,37-/m0/s1. The minimum absolute atomic E-state index is 0.0134. The van der Waals surface area contributed by atoms with Crippen molar-refractivity contribution in [2.45, 2.75) is 134 Å². The molecule has 1 aliphatic rings. The lowest BCUT2D eigenvalue weighted by atomic mass is 10.0. The van der Waals surface area contributed by atoms with E-state index in [9.17, 15) is 53.4 Å². The van der Waals surface area contributed by atoms with Crippen LogP contribution >= 0.6 is 0 Å². The topological polar surface area (TPSA) is 362 Å². The number of imidazole rings is 1. The van der Waals surface area contributed by atoms with Crippen molar-refractivity contribution in [1.82, 2.24) is 52.1 Å². The van der Waals surface area contributed by atoms with E-state index in [0.717, 1.165) is 0 Å². The van der Waals surface area contributed by atoms with E-state index in [1.807, 2.05) is 13.8 Å². The largest absolute Gasteiger partial charge is 0.480 e. The third-order valence-electron chi connectivity index (χ3n) is 11.2. The molecule has 8 atom stereocenters. The zero-order valence-electron chi connectivity index (χ0n) is 39.4. The van der Waals surface area contributed by atoms with E-state index in [-0.39, 0.29) is 38.1 Å². The maximum atomic E-state index is 14.1. The molecule has 0 saturated carbocycles. The number of hydrogen-bond donors (Lipinski definition) is 12. The van der Waals surface area contributed by atoms with Crippen LogP contribution in [0.5, 0.6) is 0 Å². The second-order valence-corrected chi connectivity index (χ2v) is 17.7. The summed E-state index contributed by atoms with van der Waals surface area (Å²) in [6.07, 6.45) is 5.22. The smallest absolute Gasteiger partial charge is 0.326 e. The Labute approximate surface area is 395 Å². The molecule has 68 heavy (non-hydrogen) atoms. The average Bonchev–Trinajstić information content (AvgIpc) is 4.01. The Morgan fingerprint density at radius 1 is 0.794 bits per heavy atom. The average molecular weight is 955 g/mol. The predicted octanol–water partition coefficient (Wildman–Crippen LogP) is -2.53. The zero-order valence-corrected chi connectivity index (χ0v) is 39.4. The number of H-pyrrole nitrogens is 1. The third-order valence-corrected chi connectivity index (χ3v) is 11.2. The van der Waals surface area contributed by atoms with E-state index in [2.05, 4.69) is 47.2 Å². The summed E-state index contributed by atoms with van der Waals surface area (Å²) in [4.78, 5) is 128. The molecule has 0 unspecified atom stereocenters. The van der Waals surface area contributed by atoms with E-state index in [0.29, 0.717) is 43.5 Å². The van der Waals surface area contributed by atoms with Gasteiger partial charge in [-0.05, 0) is 63.0 Å². The molecule has 2 heterocycles. The van der Waals surface area contributed by atoms with E-state index in [1.165, 1.54) is 24.3 Å². The fraction of sp³-hybridized carbons (Fsp3) is 0.600. The van der Waals surface area contributed by atoms with Gasteiger partial charge in [0.15, 0.2) is 0 Å². The number of rotatable bonds is 28. The van der Waals surface area contributed by atoms with Gasteiger partial charge in [0, 0.05) is 31.3 Å². The van der Waals surface area contributed by atoms with Gasteiger partial charge >= 0.3 is 5.97 Å². The van der Waals surface area contributed by atoms with Crippen molar-refractivity contribution in [3.63, 3.8) is 0 Å². The first-order valence-corrected chi connectivity index (χ1v) is 23.0. The minimum atomic E-state index is -1.51. The molecular formula is C45H70N12O11. The number of aliphatic carboxylic acids is 1. The Bertz CT molecular complexity index is 2000. The van der Waals surface area contributed by atoms with Gasteiger partial charge in [0.2, 0.25) is 47.3 Å². The third kappa shape index (κ3) is 18.0. The number of aromatic nitrogens is 2. The molecule has 8 amide bonds. The predicted molar refractivity (Wildman–Crippen MR) is 247 cm³/mol. The summed E-state index contributed by atoms with van der Waals surface area (Å²) in [6.45, 7) is 7.45. The van der Waals surface area contributed by atoms with E-state index in [1.54, 1.807) is 44.2 Å². The van der Waals surface area contributed by atoms with Crippen LogP contribution in [-0.4, -0.2) is 153 Å². The van der Waals surface area contributed by atoms with Crippen LogP contribution in [0.3, 0.4) is 0 Å². The van der Waals surface area contributed by atoms with Crippen LogP contribution in [-0.2, 0) is 56.0 Å². The minimum Gasteiger partial charge on any atom is -0.480 e.